The van der Waals surface area contributed by atoms with E-state index in [1.54, 1.807) is 47.2 Å². The second-order valence-corrected chi connectivity index (χ2v) is 7.99. The van der Waals surface area contributed by atoms with Gasteiger partial charge in [-0.2, -0.15) is 5.26 Å². The van der Waals surface area contributed by atoms with Crippen LogP contribution in [-0.4, -0.2) is 34.4 Å². The van der Waals surface area contributed by atoms with E-state index >= 15 is 0 Å². The molecule has 2 heterocycles. The van der Waals surface area contributed by atoms with E-state index in [9.17, 15) is 9.59 Å². The van der Waals surface area contributed by atoms with Crippen LogP contribution in [0.15, 0.2) is 53.1 Å². The molecule has 0 radical (unpaired) electrons. The molecule has 1 atom stereocenters. The van der Waals surface area contributed by atoms with Crippen molar-refractivity contribution in [2.24, 2.45) is 0 Å². The van der Waals surface area contributed by atoms with Gasteiger partial charge in [-0.05, 0) is 42.8 Å². The normalized spacial score (nSPS) is 16.0. The minimum atomic E-state index is -0.524. The van der Waals surface area contributed by atoms with Gasteiger partial charge in [0, 0.05) is 22.4 Å². The summed E-state index contributed by atoms with van der Waals surface area (Å²) in [6.45, 7) is 1.99. The minimum Gasteiger partial charge on any atom is -0.464 e. The minimum absolute atomic E-state index is 0.0988. The Kier molecular flexibility index (Phi) is 5.28. The van der Waals surface area contributed by atoms with E-state index < -0.39 is 6.04 Å². The highest BCUT2D eigenvalue weighted by Crippen LogP contribution is 2.26. The first kappa shape index (κ1) is 19.1. The van der Waals surface area contributed by atoms with E-state index in [0.717, 1.165) is 22.1 Å². The molecule has 4 rings (SSSR count). The summed E-state index contributed by atoms with van der Waals surface area (Å²) in [6.07, 6.45) is 1.81. The molecule has 1 N–H and O–H groups in total. The lowest BCUT2D eigenvalue weighted by Crippen LogP contribution is -2.45. The van der Waals surface area contributed by atoms with Crippen molar-refractivity contribution in [2.45, 2.75) is 19.4 Å². The van der Waals surface area contributed by atoms with E-state index in [4.69, 9.17) is 9.68 Å². The summed E-state index contributed by atoms with van der Waals surface area (Å²) in [4.78, 5) is 27.3. The highest BCUT2D eigenvalue weighted by molar-refractivity contribution is 7.99. The number of carbonyl (C=O) groups is 2. The van der Waals surface area contributed by atoms with Gasteiger partial charge in [0.2, 0.25) is 11.8 Å². The monoisotopic (exact) mass is 405 g/mol. The Hall–Kier alpha value is -3.24. The third kappa shape index (κ3) is 3.98. The van der Waals surface area contributed by atoms with Crippen LogP contribution >= 0.6 is 11.8 Å². The lowest BCUT2D eigenvalue weighted by atomic mass is 10.1. The molecular formula is C22H19N3O3S. The summed E-state index contributed by atoms with van der Waals surface area (Å²) < 4.78 is 5.59. The average molecular weight is 405 g/mol. The Morgan fingerprint density at radius 2 is 2.07 bits per heavy atom. The van der Waals surface area contributed by atoms with E-state index in [1.807, 2.05) is 31.2 Å². The van der Waals surface area contributed by atoms with Crippen molar-refractivity contribution in [3.05, 3.63) is 65.4 Å². The summed E-state index contributed by atoms with van der Waals surface area (Å²) in [7, 11) is 0. The van der Waals surface area contributed by atoms with Crippen LogP contribution in [0.1, 0.15) is 16.7 Å². The Bertz CT molecular complexity index is 1110. The Morgan fingerprint density at radius 1 is 1.28 bits per heavy atom. The van der Waals surface area contributed by atoms with Crippen molar-refractivity contribution in [3.63, 3.8) is 0 Å². The fraction of sp³-hybridized carbons (Fsp3) is 0.227. The van der Waals surface area contributed by atoms with Crippen LogP contribution in [-0.2, 0) is 16.0 Å². The molecule has 7 heteroatoms. The third-order valence-corrected chi connectivity index (χ3v) is 5.95. The summed E-state index contributed by atoms with van der Waals surface area (Å²) >= 11 is 1.56. The van der Waals surface area contributed by atoms with Crippen molar-refractivity contribution < 1.29 is 14.0 Å². The number of nitrogens with one attached hydrogen (secondary N) is 1. The van der Waals surface area contributed by atoms with Crippen molar-refractivity contribution in [2.75, 3.05) is 16.9 Å². The number of aryl methyl sites for hydroxylation is 1. The van der Waals surface area contributed by atoms with Gasteiger partial charge in [0.05, 0.1) is 30.2 Å². The lowest BCUT2D eigenvalue weighted by Gasteiger charge is -2.23. The largest absolute Gasteiger partial charge is 0.464 e. The SMILES string of the molecule is Cc1ccc2c(CC(=O)N3CSCC3C(=O)Nc3ccc(C#N)cc3)coc2c1. The zero-order valence-electron chi connectivity index (χ0n) is 15.8. The molecule has 1 aliphatic heterocycles. The van der Waals surface area contributed by atoms with Gasteiger partial charge < -0.3 is 14.6 Å². The van der Waals surface area contributed by atoms with E-state index in [0.29, 0.717) is 22.9 Å². The fourth-order valence-electron chi connectivity index (χ4n) is 3.35. The van der Waals surface area contributed by atoms with Crippen LogP contribution in [0.25, 0.3) is 11.0 Å². The number of benzene rings is 2. The van der Waals surface area contributed by atoms with Crippen LogP contribution < -0.4 is 5.32 Å². The molecule has 2 aromatic carbocycles. The van der Waals surface area contributed by atoms with Gasteiger partial charge in [-0.25, -0.2) is 0 Å². The topological polar surface area (TPSA) is 86.3 Å². The molecule has 2 amide bonds. The molecule has 0 aliphatic carbocycles. The number of fused-ring (bicyclic) bond motifs is 1. The van der Waals surface area contributed by atoms with E-state index in [1.165, 1.54) is 0 Å². The van der Waals surface area contributed by atoms with Crippen molar-refractivity contribution in [1.82, 2.24) is 4.90 Å². The van der Waals surface area contributed by atoms with E-state index in [2.05, 4.69) is 5.32 Å². The summed E-state index contributed by atoms with van der Waals surface area (Å²) in [5.74, 6) is 0.720. The Labute approximate surface area is 172 Å². The van der Waals surface area contributed by atoms with Crippen LogP contribution in [0.2, 0.25) is 0 Å². The Morgan fingerprint density at radius 3 is 2.83 bits per heavy atom. The van der Waals surface area contributed by atoms with Crippen LogP contribution in [0, 0.1) is 18.3 Å². The summed E-state index contributed by atoms with van der Waals surface area (Å²) in [6, 6.07) is 14.1. The van der Waals surface area contributed by atoms with Crippen molar-refractivity contribution in [1.29, 1.82) is 5.26 Å². The second-order valence-electron chi connectivity index (χ2n) is 6.99. The van der Waals surface area contributed by atoms with Gasteiger partial charge in [-0.1, -0.05) is 12.1 Å². The molecule has 1 aromatic heterocycles. The number of nitriles is 1. The molecule has 0 spiro atoms. The number of hydrogen-bond acceptors (Lipinski definition) is 5. The first-order valence-electron chi connectivity index (χ1n) is 9.20. The van der Waals surface area contributed by atoms with Crippen molar-refractivity contribution >= 4 is 40.2 Å². The van der Waals surface area contributed by atoms with Crippen molar-refractivity contribution in [3.8, 4) is 6.07 Å². The number of carbonyl (C=O) groups excluding carboxylic acids is 2. The smallest absolute Gasteiger partial charge is 0.248 e. The predicted octanol–water partition coefficient (Wildman–Crippen LogP) is 3.70. The molecule has 1 unspecified atom stereocenters. The molecule has 0 saturated carbocycles. The average Bonchev–Trinajstić information content (AvgIpc) is 3.36. The highest BCUT2D eigenvalue weighted by Gasteiger charge is 2.34. The molecule has 3 aromatic rings. The lowest BCUT2D eigenvalue weighted by molar-refractivity contribution is -0.135. The summed E-state index contributed by atoms with van der Waals surface area (Å²) in [5, 5.41) is 12.6. The molecule has 146 valence electrons. The number of nitrogens with zero attached hydrogens (tertiary/aromatic N) is 2. The number of rotatable bonds is 4. The number of hydrogen-bond donors (Lipinski definition) is 1. The zero-order valence-corrected chi connectivity index (χ0v) is 16.7. The predicted molar refractivity (Wildman–Crippen MR) is 112 cm³/mol. The third-order valence-electron chi connectivity index (χ3n) is 4.94. The number of furan rings is 1. The standard InChI is InChI=1S/C22H19N3O3S/c1-14-2-7-18-16(11-28-20(18)8-14)9-21(26)25-13-29-12-19(25)22(27)24-17-5-3-15(10-23)4-6-17/h2-8,11,19H,9,12-13H2,1H3,(H,24,27). The first-order valence-corrected chi connectivity index (χ1v) is 10.4. The maximum Gasteiger partial charge on any atom is 0.248 e. The number of anilines is 1. The molecular weight excluding hydrogens is 386 g/mol. The molecule has 1 saturated heterocycles. The van der Waals surface area contributed by atoms with Crippen LogP contribution in [0.4, 0.5) is 5.69 Å². The van der Waals surface area contributed by atoms with Gasteiger partial charge in [-0.15, -0.1) is 11.8 Å². The number of thioether (sulfide) groups is 1. The zero-order chi connectivity index (χ0) is 20.4. The van der Waals surface area contributed by atoms with E-state index in [-0.39, 0.29) is 18.2 Å². The first-order chi connectivity index (χ1) is 14.0. The maximum absolute atomic E-state index is 12.9. The highest BCUT2D eigenvalue weighted by atomic mass is 32.2. The molecule has 29 heavy (non-hydrogen) atoms. The molecule has 1 fully saturated rings. The fourth-order valence-corrected chi connectivity index (χ4v) is 4.53. The van der Waals surface area contributed by atoms with Gasteiger partial charge in [0.25, 0.3) is 0 Å². The maximum atomic E-state index is 12.9. The quantitative estimate of drug-likeness (QED) is 0.715. The van der Waals surface area contributed by atoms with Crippen LogP contribution in [0.3, 0.4) is 0 Å². The number of amides is 2. The summed E-state index contributed by atoms with van der Waals surface area (Å²) in [5.41, 5.74) is 3.82. The molecule has 6 nitrogen and oxygen atoms in total. The second kappa shape index (κ2) is 8.02. The van der Waals surface area contributed by atoms with Gasteiger partial charge in [-0.3, -0.25) is 9.59 Å². The Balaban J connectivity index is 1.46. The molecule has 0 bridgehead atoms. The molecule has 1 aliphatic rings. The van der Waals surface area contributed by atoms with Gasteiger partial charge >= 0.3 is 0 Å². The van der Waals surface area contributed by atoms with Gasteiger partial charge in [0.15, 0.2) is 0 Å². The van der Waals surface area contributed by atoms with Gasteiger partial charge in [0.1, 0.15) is 11.6 Å². The van der Waals surface area contributed by atoms with Crippen LogP contribution in [0.5, 0.6) is 0 Å².